The zero-order chi connectivity index (χ0) is 19.2. The molecule has 2 aromatic carbocycles. The van der Waals surface area contributed by atoms with Crippen LogP contribution in [0.15, 0.2) is 54.6 Å². The van der Waals surface area contributed by atoms with E-state index in [1.54, 1.807) is 31.2 Å². The van der Waals surface area contributed by atoms with Gasteiger partial charge in [0.05, 0.1) is 5.69 Å². The fourth-order valence-corrected chi connectivity index (χ4v) is 3.41. The van der Waals surface area contributed by atoms with Crippen LogP contribution in [0.4, 0.5) is 15.6 Å². The Morgan fingerprint density at radius 3 is 2.59 bits per heavy atom. The number of nitrogens with zero attached hydrogens (tertiary/aromatic N) is 1. The van der Waals surface area contributed by atoms with Crippen molar-refractivity contribution in [3.63, 3.8) is 0 Å². The molecule has 3 aromatic rings. The van der Waals surface area contributed by atoms with E-state index in [2.05, 4.69) is 20.9 Å². The van der Waals surface area contributed by atoms with Gasteiger partial charge in [0.25, 0.3) is 5.91 Å². The Kier molecular flexibility index (Phi) is 6.05. The van der Waals surface area contributed by atoms with E-state index in [9.17, 15) is 9.59 Å². The van der Waals surface area contributed by atoms with Crippen molar-refractivity contribution in [2.45, 2.75) is 13.5 Å². The highest BCUT2D eigenvalue weighted by Gasteiger charge is 2.16. The van der Waals surface area contributed by atoms with Gasteiger partial charge in [0, 0.05) is 17.3 Å². The van der Waals surface area contributed by atoms with Crippen LogP contribution >= 0.6 is 22.9 Å². The molecule has 27 heavy (non-hydrogen) atoms. The molecule has 0 aliphatic carbocycles. The van der Waals surface area contributed by atoms with Gasteiger partial charge in [0.1, 0.15) is 4.88 Å². The lowest BCUT2D eigenvalue weighted by Gasteiger charge is -2.05. The Morgan fingerprint density at radius 2 is 1.85 bits per heavy atom. The summed E-state index contributed by atoms with van der Waals surface area (Å²) in [6.07, 6.45) is 0. The number of rotatable bonds is 5. The van der Waals surface area contributed by atoms with Gasteiger partial charge in [-0.25, -0.2) is 9.78 Å². The van der Waals surface area contributed by atoms with E-state index in [1.807, 2.05) is 30.3 Å². The van der Waals surface area contributed by atoms with Gasteiger partial charge in [-0.1, -0.05) is 59.3 Å². The summed E-state index contributed by atoms with van der Waals surface area (Å²) in [5, 5.41) is 9.03. The number of thiazole rings is 1. The van der Waals surface area contributed by atoms with E-state index in [0.717, 1.165) is 16.9 Å². The molecule has 6 nitrogen and oxygen atoms in total. The number of halogens is 1. The monoisotopic (exact) mass is 400 g/mol. The number of nitrogens with one attached hydrogen (secondary N) is 3. The van der Waals surface area contributed by atoms with E-state index in [0.29, 0.717) is 33.0 Å². The maximum Gasteiger partial charge on any atom is 0.325 e. The highest BCUT2D eigenvalue weighted by atomic mass is 35.5. The zero-order valence-corrected chi connectivity index (χ0v) is 16.0. The van der Waals surface area contributed by atoms with Crippen molar-refractivity contribution in [3.8, 4) is 0 Å². The number of aryl methyl sites for hydroxylation is 1. The summed E-state index contributed by atoms with van der Waals surface area (Å²) in [5.41, 5.74) is 2.13. The first kappa shape index (κ1) is 18.9. The second-order valence-corrected chi connectivity index (χ2v) is 7.13. The number of aromatic nitrogens is 1. The fourth-order valence-electron chi connectivity index (χ4n) is 2.34. The average Bonchev–Trinajstić information content (AvgIpc) is 3.00. The molecule has 0 fully saturated rings. The minimum atomic E-state index is -0.456. The molecular formula is C19H17ClN4O2S. The van der Waals surface area contributed by atoms with E-state index >= 15 is 0 Å². The minimum Gasteiger partial charge on any atom is -0.347 e. The van der Waals surface area contributed by atoms with Crippen LogP contribution in [-0.4, -0.2) is 16.9 Å². The summed E-state index contributed by atoms with van der Waals surface area (Å²) in [6.45, 7) is 2.16. The summed E-state index contributed by atoms with van der Waals surface area (Å²) in [4.78, 5) is 29.2. The highest BCUT2D eigenvalue weighted by molar-refractivity contribution is 7.17. The maximum atomic E-state index is 12.4. The molecule has 0 radical (unpaired) electrons. The normalized spacial score (nSPS) is 10.3. The van der Waals surface area contributed by atoms with Gasteiger partial charge < -0.3 is 10.6 Å². The Bertz CT molecular complexity index is 959. The molecule has 0 atom stereocenters. The lowest BCUT2D eigenvalue weighted by Crippen LogP contribution is -2.22. The number of benzene rings is 2. The van der Waals surface area contributed by atoms with E-state index in [1.165, 1.54) is 0 Å². The molecule has 1 aromatic heterocycles. The molecular weight excluding hydrogens is 384 g/mol. The zero-order valence-electron chi connectivity index (χ0n) is 14.5. The van der Waals surface area contributed by atoms with Crippen molar-refractivity contribution in [3.05, 3.63) is 75.8 Å². The summed E-state index contributed by atoms with van der Waals surface area (Å²) in [7, 11) is 0. The van der Waals surface area contributed by atoms with Gasteiger partial charge in [-0.05, 0) is 30.7 Å². The predicted octanol–water partition coefficient (Wildman–Crippen LogP) is 4.68. The average molecular weight is 401 g/mol. The van der Waals surface area contributed by atoms with Crippen LogP contribution in [0.3, 0.4) is 0 Å². The molecule has 8 heteroatoms. The van der Waals surface area contributed by atoms with Gasteiger partial charge in [-0.2, -0.15) is 0 Å². The van der Waals surface area contributed by atoms with Crippen LogP contribution in [0.2, 0.25) is 5.02 Å². The SMILES string of the molecule is Cc1nc(NC(=O)Nc2cccc(Cl)c2)sc1C(=O)NCc1ccccc1. The van der Waals surface area contributed by atoms with Gasteiger partial charge in [-0.3, -0.25) is 10.1 Å². The predicted molar refractivity (Wildman–Crippen MR) is 109 cm³/mol. The van der Waals surface area contributed by atoms with Gasteiger partial charge in [0.2, 0.25) is 0 Å². The van der Waals surface area contributed by atoms with Crippen LogP contribution in [-0.2, 0) is 6.54 Å². The summed E-state index contributed by atoms with van der Waals surface area (Å²) in [6, 6.07) is 16.0. The molecule has 3 amide bonds. The number of anilines is 2. The molecule has 0 aliphatic rings. The molecule has 0 bridgehead atoms. The first-order chi connectivity index (χ1) is 13.0. The van der Waals surface area contributed by atoms with Gasteiger partial charge in [-0.15, -0.1) is 0 Å². The van der Waals surface area contributed by atoms with E-state index in [-0.39, 0.29) is 5.91 Å². The smallest absolute Gasteiger partial charge is 0.325 e. The molecule has 3 rings (SSSR count). The second kappa shape index (κ2) is 8.66. The lowest BCUT2D eigenvalue weighted by molar-refractivity contribution is 0.0954. The van der Waals surface area contributed by atoms with Crippen LogP contribution in [0.25, 0.3) is 0 Å². The number of amides is 3. The Balaban J connectivity index is 1.60. The quantitative estimate of drug-likeness (QED) is 0.581. The van der Waals surface area contributed by atoms with E-state index in [4.69, 9.17) is 11.6 Å². The summed E-state index contributed by atoms with van der Waals surface area (Å²) < 4.78 is 0. The Labute approximate surface area is 165 Å². The number of urea groups is 1. The van der Waals surface area contributed by atoms with E-state index < -0.39 is 6.03 Å². The third-order valence-corrected chi connectivity index (χ3v) is 4.91. The van der Waals surface area contributed by atoms with Crippen LogP contribution in [0.5, 0.6) is 0 Å². The first-order valence-electron chi connectivity index (χ1n) is 8.14. The van der Waals surface area contributed by atoms with Crippen molar-refractivity contribution in [1.29, 1.82) is 0 Å². The molecule has 0 saturated heterocycles. The van der Waals surface area contributed by atoms with Crippen molar-refractivity contribution in [2.75, 3.05) is 10.6 Å². The molecule has 0 aliphatic heterocycles. The van der Waals surface area contributed by atoms with Crippen molar-refractivity contribution in [2.24, 2.45) is 0 Å². The van der Waals surface area contributed by atoms with Crippen LogP contribution in [0, 0.1) is 6.92 Å². The molecule has 0 unspecified atom stereocenters. The van der Waals surface area contributed by atoms with Crippen molar-refractivity contribution < 1.29 is 9.59 Å². The van der Waals surface area contributed by atoms with Gasteiger partial charge >= 0.3 is 6.03 Å². The largest absolute Gasteiger partial charge is 0.347 e. The molecule has 3 N–H and O–H groups in total. The number of hydrogen-bond acceptors (Lipinski definition) is 4. The minimum absolute atomic E-state index is 0.225. The summed E-state index contributed by atoms with van der Waals surface area (Å²) in [5.74, 6) is -0.225. The molecule has 0 spiro atoms. The number of carbonyl (C=O) groups is 2. The Morgan fingerprint density at radius 1 is 1.07 bits per heavy atom. The van der Waals surface area contributed by atoms with Crippen molar-refractivity contribution in [1.82, 2.24) is 10.3 Å². The van der Waals surface area contributed by atoms with Crippen LogP contribution < -0.4 is 16.0 Å². The molecule has 138 valence electrons. The number of carbonyl (C=O) groups excluding carboxylic acids is 2. The third-order valence-electron chi connectivity index (χ3n) is 3.60. The van der Waals surface area contributed by atoms with Crippen molar-refractivity contribution >= 4 is 45.7 Å². The lowest BCUT2D eigenvalue weighted by atomic mass is 10.2. The fraction of sp³-hybridized carbons (Fsp3) is 0.105. The first-order valence-corrected chi connectivity index (χ1v) is 9.34. The molecule has 0 saturated carbocycles. The summed E-state index contributed by atoms with van der Waals surface area (Å²) >= 11 is 7.02. The van der Waals surface area contributed by atoms with Crippen LogP contribution in [0.1, 0.15) is 20.9 Å². The maximum absolute atomic E-state index is 12.4. The number of hydrogen-bond donors (Lipinski definition) is 3. The standard InChI is InChI=1S/C19H17ClN4O2S/c1-12-16(17(25)21-11-13-6-3-2-4-7-13)27-19(22-12)24-18(26)23-15-9-5-8-14(20)10-15/h2-10H,11H2,1H3,(H,21,25)(H2,22,23,24,26). The van der Waals surface area contributed by atoms with Gasteiger partial charge in [0.15, 0.2) is 5.13 Å². The highest BCUT2D eigenvalue weighted by Crippen LogP contribution is 2.23. The topological polar surface area (TPSA) is 83.1 Å². The molecule has 1 heterocycles. The Hall–Kier alpha value is -2.90. The second-order valence-electron chi connectivity index (χ2n) is 5.69. The third kappa shape index (κ3) is 5.29.